The summed E-state index contributed by atoms with van der Waals surface area (Å²) in [5.74, 6) is -4.68. The van der Waals surface area contributed by atoms with Gasteiger partial charge in [0.25, 0.3) is 5.79 Å². The van der Waals surface area contributed by atoms with E-state index in [1.807, 2.05) is 6.07 Å². The minimum atomic E-state index is -5.29. The van der Waals surface area contributed by atoms with Crippen LogP contribution < -0.4 is 0 Å². The van der Waals surface area contributed by atoms with Gasteiger partial charge in [0.15, 0.2) is 0 Å². The first kappa shape index (κ1) is 28.5. The monoisotopic (exact) mass is 543 g/mol. The van der Waals surface area contributed by atoms with Crippen LogP contribution in [0.4, 0.5) is 13.2 Å². The molecule has 4 atom stereocenters. The Labute approximate surface area is 219 Å². The van der Waals surface area contributed by atoms with Crippen LogP contribution in [0.25, 0.3) is 0 Å². The Hall–Kier alpha value is -2.06. The van der Waals surface area contributed by atoms with Gasteiger partial charge in [0.1, 0.15) is 0 Å². The van der Waals surface area contributed by atoms with E-state index in [-0.39, 0.29) is 18.2 Å². The molecule has 1 aliphatic heterocycles. The summed E-state index contributed by atoms with van der Waals surface area (Å²) in [6, 6.07) is 12.1. The largest absolute Gasteiger partial charge is 0.442 e. The van der Waals surface area contributed by atoms with Gasteiger partial charge in [-0.25, -0.2) is 0 Å². The summed E-state index contributed by atoms with van der Waals surface area (Å²) < 4.78 is 40.4. The molecule has 0 radical (unpaired) electrons. The zero-order valence-electron chi connectivity index (χ0n) is 20.1. The number of hydrogen-bond donors (Lipinski definition) is 2. The zero-order chi connectivity index (χ0) is 26.9. The summed E-state index contributed by atoms with van der Waals surface area (Å²) in [6.07, 6.45) is -4.00. The second-order valence-corrected chi connectivity index (χ2v) is 10.6. The van der Waals surface area contributed by atoms with Crippen LogP contribution in [0.2, 0.25) is 10.0 Å². The Morgan fingerprint density at radius 3 is 2.31 bits per heavy atom. The smallest absolute Gasteiger partial charge is 0.359 e. The normalized spacial score (nSPS) is 24.0. The Kier molecular flexibility index (Phi) is 8.50. The molecular weight excluding hydrogens is 514 g/mol. The topological polar surface area (TPSA) is 60.8 Å². The van der Waals surface area contributed by atoms with E-state index >= 15 is 0 Å². The molecule has 4 nitrogen and oxygen atoms in total. The van der Waals surface area contributed by atoms with Gasteiger partial charge in [0.05, 0.1) is 11.5 Å². The van der Waals surface area contributed by atoms with Crippen LogP contribution in [0.1, 0.15) is 62.6 Å². The number of carbonyl (C=O) groups excluding carboxylic acids is 1. The van der Waals surface area contributed by atoms with Crippen molar-refractivity contribution in [2.45, 2.75) is 69.5 Å². The molecule has 0 bridgehead atoms. The second kappa shape index (κ2) is 10.7. The standard InChI is InChI=1S/C27H30Cl2F3NO3/c1-4-13-25(3)16-22(18-7-6-8-20(29)14-18)23(17-9-11-19(28)12-10-17)33(24(25)34)21(5-2)15-26(35,36)27(30,31)32/h4,6-12,14,21-23,35-36H,1,5,13,15-16H2,2-3H3/t21-,22+,23?,25-/m0/s1. The number of halogens is 5. The first-order valence-corrected chi connectivity index (χ1v) is 12.5. The third kappa shape index (κ3) is 5.75. The van der Waals surface area contributed by atoms with Crippen molar-refractivity contribution >= 4 is 29.1 Å². The quantitative estimate of drug-likeness (QED) is 0.277. The number of benzene rings is 2. The molecule has 1 unspecified atom stereocenters. The number of allylic oxidation sites excluding steroid dienone is 1. The van der Waals surface area contributed by atoms with E-state index in [0.29, 0.717) is 28.5 Å². The Morgan fingerprint density at radius 1 is 1.14 bits per heavy atom. The molecule has 196 valence electrons. The lowest BCUT2D eigenvalue weighted by molar-refractivity contribution is -0.354. The number of piperidine rings is 1. The fraction of sp³-hybridized carbons (Fsp3) is 0.444. The minimum absolute atomic E-state index is 0.0706. The van der Waals surface area contributed by atoms with Crippen LogP contribution in [-0.4, -0.2) is 39.0 Å². The van der Waals surface area contributed by atoms with Crippen LogP contribution in [0.15, 0.2) is 61.2 Å². The van der Waals surface area contributed by atoms with Crippen molar-refractivity contribution in [1.29, 1.82) is 0 Å². The highest BCUT2D eigenvalue weighted by molar-refractivity contribution is 6.30. The predicted molar refractivity (Wildman–Crippen MR) is 135 cm³/mol. The predicted octanol–water partition coefficient (Wildman–Crippen LogP) is 7.04. The molecule has 1 fully saturated rings. The van der Waals surface area contributed by atoms with Crippen molar-refractivity contribution in [2.75, 3.05) is 0 Å². The first-order chi connectivity index (χ1) is 16.7. The van der Waals surface area contributed by atoms with E-state index in [1.165, 1.54) is 4.90 Å². The highest BCUT2D eigenvalue weighted by Crippen LogP contribution is 2.53. The Morgan fingerprint density at radius 2 is 1.78 bits per heavy atom. The number of likely N-dealkylation sites (tertiary alicyclic amines) is 1. The van der Waals surface area contributed by atoms with E-state index < -0.39 is 35.9 Å². The zero-order valence-corrected chi connectivity index (χ0v) is 21.6. The van der Waals surface area contributed by atoms with Crippen molar-refractivity contribution in [3.05, 3.63) is 82.4 Å². The van der Waals surface area contributed by atoms with Crippen molar-refractivity contribution in [3.63, 3.8) is 0 Å². The number of nitrogens with zero attached hydrogens (tertiary/aromatic N) is 1. The summed E-state index contributed by atoms with van der Waals surface area (Å²) in [6.45, 7) is 7.17. The molecule has 2 N–H and O–H groups in total. The number of hydrogen-bond acceptors (Lipinski definition) is 3. The fourth-order valence-electron chi connectivity index (χ4n) is 5.17. The molecule has 36 heavy (non-hydrogen) atoms. The molecular formula is C27H30Cl2F3NO3. The average molecular weight is 544 g/mol. The molecule has 2 aromatic carbocycles. The number of carbonyl (C=O) groups is 1. The summed E-state index contributed by atoms with van der Waals surface area (Å²) in [7, 11) is 0. The van der Waals surface area contributed by atoms with E-state index in [0.717, 1.165) is 5.56 Å². The lowest BCUT2D eigenvalue weighted by atomic mass is 9.67. The number of aliphatic hydroxyl groups is 2. The van der Waals surface area contributed by atoms with Gasteiger partial charge in [-0.3, -0.25) is 4.79 Å². The summed E-state index contributed by atoms with van der Waals surface area (Å²) in [4.78, 5) is 15.5. The molecule has 9 heteroatoms. The van der Waals surface area contributed by atoms with Crippen LogP contribution in [0, 0.1) is 5.41 Å². The van der Waals surface area contributed by atoms with Crippen molar-refractivity contribution in [2.24, 2.45) is 5.41 Å². The second-order valence-electron chi connectivity index (χ2n) is 9.71. The van der Waals surface area contributed by atoms with Crippen LogP contribution >= 0.6 is 23.2 Å². The SMILES string of the molecule is C=CC[C@@]1(C)C[C@H](c2cccc(Cl)c2)C(c2ccc(Cl)cc2)N([C@@H](CC)CC(O)(O)C(F)(F)F)C1=O. The Bertz CT molecular complexity index is 1090. The highest BCUT2D eigenvalue weighted by Gasteiger charge is 2.57. The Balaban J connectivity index is 2.24. The van der Waals surface area contributed by atoms with Gasteiger partial charge in [0, 0.05) is 28.4 Å². The molecule has 0 saturated carbocycles. The van der Waals surface area contributed by atoms with Crippen LogP contribution in [-0.2, 0) is 4.79 Å². The molecule has 0 aromatic heterocycles. The van der Waals surface area contributed by atoms with E-state index in [2.05, 4.69) is 6.58 Å². The van der Waals surface area contributed by atoms with Crippen molar-refractivity contribution < 1.29 is 28.2 Å². The fourth-order valence-corrected chi connectivity index (χ4v) is 5.50. The van der Waals surface area contributed by atoms with Crippen molar-refractivity contribution in [1.82, 2.24) is 4.90 Å². The van der Waals surface area contributed by atoms with Crippen LogP contribution in [0.3, 0.4) is 0 Å². The number of amides is 1. The molecule has 0 spiro atoms. The van der Waals surface area contributed by atoms with Gasteiger partial charge in [-0.2, -0.15) is 13.2 Å². The van der Waals surface area contributed by atoms with Gasteiger partial charge in [0.2, 0.25) is 5.91 Å². The molecule has 3 rings (SSSR count). The number of rotatable bonds is 8. The maximum Gasteiger partial charge on any atom is 0.442 e. The highest BCUT2D eigenvalue weighted by atomic mass is 35.5. The van der Waals surface area contributed by atoms with E-state index in [9.17, 15) is 28.2 Å². The summed E-state index contributed by atoms with van der Waals surface area (Å²) in [5.41, 5.74) is 0.516. The molecule has 0 aliphatic carbocycles. The van der Waals surface area contributed by atoms with E-state index in [1.54, 1.807) is 62.4 Å². The van der Waals surface area contributed by atoms with E-state index in [4.69, 9.17) is 23.2 Å². The molecule has 2 aromatic rings. The first-order valence-electron chi connectivity index (χ1n) is 11.7. The lowest BCUT2D eigenvalue weighted by Gasteiger charge is -2.52. The van der Waals surface area contributed by atoms with Crippen molar-refractivity contribution in [3.8, 4) is 0 Å². The van der Waals surface area contributed by atoms with Gasteiger partial charge in [-0.1, -0.05) is 67.4 Å². The molecule has 1 amide bonds. The number of alkyl halides is 3. The van der Waals surface area contributed by atoms with Gasteiger partial charge >= 0.3 is 6.18 Å². The van der Waals surface area contributed by atoms with Crippen LogP contribution in [0.5, 0.6) is 0 Å². The lowest BCUT2D eigenvalue weighted by Crippen LogP contribution is -2.58. The maximum atomic E-state index is 14.0. The molecule has 1 heterocycles. The van der Waals surface area contributed by atoms with Gasteiger partial charge in [-0.05, 0) is 54.7 Å². The summed E-state index contributed by atoms with van der Waals surface area (Å²) in [5, 5.41) is 20.9. The molecule has 1 aliphatic rings. The summed E-state index contributed by atoms with van der Waals surface area (Å²) >= 11 is 12.4. The third-order valence-electron chi connectivity index (χ3n) is 7.02. The maximum absolute atomic E-state index is 14.0. The average Bonchev–Trinajstić information content (AvgIpc) is 2.79. The molecule has 1 saturated heterocycles. The van der Waals surface area contributed by atoms with Gasteiger partial charge in [-0.15, -0.1) is 6.58 Å². The van der Waals surface area contributed by atoms with Gasteiger partial charge < -0.3 is 15.1 Å². The third-order valence-corrected chi connectivity index (χ3v) is 7.51. The minimum Gasteiger partial charge on any atom is -0.359 e.